The molecular weight excluding hydrogens is 388 g/mol. The topological polar surface area (TPSA) is 91.6 Å². The molecule has 0 unspecified atom stereocenters. The van der Waals surface area contributed by atoms with Crippen molar-refractivity contribution in [2.24, 2.45) is 0 Å². The Bertz CT molecular complexity index is 1070. The van der Waals surface area contributed by atoms with Crippen LogP contribution in [0.2, 0.25) is 0 Å². The fraction of sp³-hybridized carbons (Fsp3) is 0.136. The number of amides is 1. The van der Waals surface area contributed by atoms with Gasteiger partial charge in [0.2, 0.25) is 5.76 Å². The maximum atomic E-state index is 12.4. The monoisotopic (exact) mass is 408 g/mol. The zero-order valence-corrected chi connectivity index (χ0v) is 16.8. The minimum atomic E-state index is -1.14. The Morgan fingerprint density at radius 2 is 1.79 bits per heavy atom. The van der Waals surface area contributed by atoms with Crippen LogP contribution in [-0.2, 0) is 6.42 Å². The average Bonchev–Trinajstić information content (AvgIpc) is 3.18. The molecular formula is C22H20N2O4S. The highest BCUT2D eigenvalue weighted by Gasteiger charge is 2.15. The Morgan fingerprint density at radius 3 is 2.41 bits per heavy atom. The molecule has 0 atom stereocenters. The molecule has 0 fully saturated rings. The highest BCUT2D eigenvalue weighted by atomic mass is 32.1. The van der Waals surface area contributed by atoms with Gasteiger partial charge in [-0.05, 0) is 73.1 Å². The lowest BCUT2D eigenvalue weighted by atomic mass is 10.1. The first-order valence-electron chi connectivity index (χ1n) is 9.02. The number of aromatic carboxylic acids is 1. The van der Waals surface area contributed by atoms with Gasteiger partial charge in [-0.2, -0.15) is 0 Å². The summed E-state index contributed by atoms with van der Waals surface area (Å²) < 4.78 is 5.40. The maximum absolute atomic E-state index is 12.4. The lowest BCUT2D eigenvalue weighted by Gasteiger charge is -2.13. The van der Waals surface area contributed by atoms with E-state index in [0.717, 1.165) is 17.5 Å². The lowest BCUT2D eigenvalue weighted by Crippen LogP contribution is -2.34. The van der Waals surface area contributed by atoms with Crippen LogP contribution in [0.15, 0.2) is 59.0 Å². The van der Waals surface area contributed by atoms with E-state index < -0.39 is 5.97 Å². The number of carboxylic acids is 1. The van der Waals surface area contributed by atoms with Crippen molar-refractivity contribution < 1.29 is 19.1 Å². The zero-order valence-electron chi connectivity index (χ0n) is 16.0. The molecule has 6 nitrogen and oxygen atoms in total. The van der Waals surface area contributed by atoms with E-state index in [1.54, 1.807) is 24.3 Å². The predicted molar refractivity (Wildman–Crippen MR) is 115 cm³/mol. The van der Waals surface area contributed by atoms with Crippen molar-refractivity contribution in [2.45, 2.75) is 20.3 Å². The van der Waals surface area contributed by atoms with E-state index in [1.807, 2.05) is 38.1 Å². The number of aryl methyl sites for hydroxylation is 2. The molecule has 0 aliphatic carbocycles. The minimum Gasteiger partial charge on any atom is -0.475 e. The fourth-order valence-corrected chi connectivity index (χ4v) is 3.00. The van der Waals surface area contributed by atoms with Crippen LogP contribution in [0.4, 0.5) is 5.69 Å². The summed E-state index contributed by atoms with van der Waals surface area (Å²) in [7, 11) is 0. The van der Waals surface area contributed by atoms with E-state index in [1.165, 1.54) is 6.07 Å². The van der Waals surface area contributed by atoms with Gasteiger partial charge in [-0.25, -0.2) is 4.79 Å². The number of furan rings is 1. The predicted octanol–water partition coefficient (Wildman–Crippen LogP) is 4.64. The van der Waals surface area contributed by atoms with Crippen LogP contribution >= 0.6 is 12.2 Å². The molecule has 0 aliphatic heterocycles. The molecule has 1 amide bonds. The molecule has 148 valence electrons. The third kappa shape index (κ3) is 4.89. The van der Waals surface area contributed by atoms with Crippen molar-refractivity contribution >= 4 is 34.9 Å². The van der Waals surface area contributed by atoms with Gasteiger partial charge in [0.1, 0.15) is 5.76 Å². The summed E-state index contributed by atoms with van der Waals surface area (Å²) >= 11 is 5.29. The van der Waals surface area contributed by atoms with E-state index in [-0.39, 0.29) is 16.8 Å². The molecule has 3 rings (SSSR count). The molecule has 0 bridgehead atoms. The van der Waals surface area contributed by atoms with Gasteiger partial charge in [-0.3, -0.25) is 10.1 Å². The number of thiocarbonyl (C=S) groups is 1. The van der Waals surface area contributed by atoms with Gasteiger partial charge >= 0.3 is 5.97 Å². The Hall–Kier alpha value is -3.45. The van der Waals surface area contributed by atoms with Crippen molar-refractivity contribution in [1.29, 1.82) is 0 Å². The lowest BCUT2D eigenvalue weighted by molar-refractivity contribution is 0.0663. The van der Waals surface area contributed by atoms with Gasteiger partial charge in [0.05, 0.1) is 5.69 Å². The molecule has 0 saturated heterocycles. The Labute approximate surface area is 173 Å². The van der Waals surface area contributed by atoms with E-state index in [4.69, 9.17) is 21.7 Å². The van der Waals surface area contributed by atoms with Gasteiger partial charge in [0.15, 0.2) is 5.11 Å². The average molecular weight is 408 g/mol. The molecule has 0 aliphatic rings. The number of nitrogens with one attached hydrogen (secondary N) is 2. The number of carbonyl (C=O) groups excluding carboxylic acids is 1. The van der Waals surface area contributed by atoms with E-state index >= 15 is 0 Å². The summed E-state index contributed by atoms with van der Waals surface area (Å²) in [5, 5.41) is 14.9. The number of hydrogen-bond donors (Lipinski definition) is 3. The van der Waals surface area contributed by atoms with Gasteiger partial charge in [-0.15, -0.1) is 0 Å². The molecule has 2 aromatic carbocycles. The second kappa shape index (κ2) is 8.70. The summed E-state index contributed by atoms with van der Waals surface area (Å²) in [5.74, 6) is -1.23. The quantitative estimate of drug-likeness (QED) is 0.533. The summed E-state index contributed by atoms with van der Waals surface area (Å²) in [4.78, 5) is 23.5. The van der Waals surface area contributed by atoms with Crippen LogP contribution in [-0.4, -0.2) is 22.1 Å². The van der Waals surface area contributed by atoms with Crippen molar-refractivity contribution in [1.82, 2.24) is 5.32 Å². The SMILES string of the molecule is CCc1ccc(C(=O)NC(=S)Nc2cc(C)ccc2-c2ccc(C(=O)O)o2)cc1. The van der Waals surface area contributed by atoms with E-state index in [9.17, 15) is 9.59 Å². The first-order chi connectivity index (χ1) is 13.9. The molecule has 7 heteroatoms. The molecule has 0 radical (unpaired) electrons. The van der Waals surface area contributed by atoms with Crippen LogP contribution < -0.4 is 10.6 Å². The molecule has 29 heavy (non-hydrogen) atoms. The first-order valence-corrected chi connectivity index (χ1v) is 9.43. The van der Waals surface area contributed by atoms with Gasteiger partial charge in [-0.1, -0.05) is 25.1 Å². The second-order valence-corrected chi connectivity index (χ2v) is 6.89. The number of anilines is 1. The number of rotatable bonds is 5. The Morgan fingerprint density at radius 1 is 1.07 bits per heavy atom. The molecule has 0 saturated carbocycles. The van der Waals surface area contributed by atoms with E-state index in [2.05, 4.69) is 10.6 Å². The minimum absolute atomic E-state index is 0.131. The standard InChI is InChI=1S/C22H20N2O4S/c1-3-14-5-7-15(8-6-14)20(25)24-22(29)23-17-12-13(2)4-9-16(17)18-10-11-19(28-18)21(26)27/h4-12H,3H2,1-2H3,(H,26,27)(H2,23,24,25,29). The summed E-state index contributed by atoms with van der Waals surface area (Å²) in [6.07, 6.45) is 0.897. The van der Waals surface area contributed by atoms with E-state index in [0.29, 0.717) is 22.6 Å². The van der Waals surface area contributed by atoms with Crippen LogP contribution in [0, 0.1) is 6.92 Å². The highest BCUT2D eigenvalue weighted by molar-refractivity contribution is 7.80. The summed E-state index contributed by atoms with van der Waals surface area (Å²) in [6.45, 7) is 3.96. The molecule has 3 aromatic rings. The molecule has 1 heterocycles. The smallest absolute Gasteiger partial charge is 0.371 e. The summed E-state index contributed by atoms with van der Waals surface area (Å²) in [5.41, 5.74) is 3.85. The first kappa shape index (κ1) is 20.3. The van der Waals surface area contributed by atoms with Crippen LogP contribution in [0.1, 0.15) is 39.0 Å². The van der Waals surface area contributed by atoms with Crippen LogP contribution in [0.25, 0.3) is 11.3 Å². The third-order valence-electron chi connectivity index (χ3n) is 4.36. The van der Waals surface area contributed by atoms with Crippen molar-refractivity contribution in [3.8, 4) is 11.3 Å². The molecule has 1 aromatic heterocycles. The number of carboxylic acid groups (broad SMARTS) is 1. The van der Waals surface area contributed by atoms with Gasteiger partial charge < -0.3 is 14.8 Å². The summed E-state index contributed by atoms with van der Waals surface area (Å²) in [6, 6.07) is 15.8. The van der Waals surface area contributed by atoms with Gasteiger partial charge in [0.25, 0.3) is 5.91 Å². The highest BCUT2D eigenvalue weighted by Crippen LogP contribution is 2.30. The van der Waals surface area contributed by atoms with Crippen molar-refractivity contribution in [2.75, 3.05) is 5.32 Å². The second-order valence-electron chi connectivity index (χ2n) is 6.48. The number of hydrogen-bond acceptors (Lipinski definition) is 4. The molecule has 0 spiro atoms. The van der Waals surface area contributed by atoms with Crippen LogP contribution in [0.5, 0.6) is 0 Å². The van der Waals surface area contributed by atoms with Crippen molar-refractivity contribution in [3.63, 3.8) is 0 Å². The van der Waals surface area contributed by atoms with Gasteiger partial charge in [0, 0.05) is 11.1 Å². The van der Waals surface area contributed by atoms with Crippen LogP contribution in [0.3, 0.4) is 0 Å². The zero-order chi connectivity index (χ0) is 21.0. The number of carbonyl (C=O) groups is 2. The fourth-order valence-electron chi connectivity index (χ4n) is 2.79. The maximum Gasteiger partial charge on any atom is 0.371 e. The molecule has 3 N–H and O–H groups in total. The number of benzene rings is 2. The normalized spacial score (nSPS) is 10.4. The van der Waals surface area contributed by atoms with Crippen molar-refractivity contribution in [3.05, 3.63) is 77.0 Å². The Balaban J connectivity index is 1.77. The Kier molecular flexibility index (Phi) is 6.09. The largest absolute Gasteiger partial charge is 0.475 e. The third-order valence-corrected chi connectivity index (χ3v) is 4.56.